The van der Waals surface area contributed by atoms with Crippen LogP contribution < -0.4 is 0 Å². The molecule has 1 aliphatic rings. The van der Waals surface area contributed by atoms with Gasteiger partial charge in [-0.3, -0.25) is 4.99 Å². The highest BCUT2D eigenvalue weighted by Gasteiger charge is 2.07. The highest BCUT2D eigenvalue weighted by atomic mass is 32.2. The molecule has 0 saturated carbocycles. The summed E-state index contributed by atoms with van der Waals surface area (Å²) in [6.45, 7) is 0.967. The summed E-state index contributed by atoms with van der Waals surface area (Å²) in [5.74, 6) is 1.13. The van der Waals surface area contributed by atoms with E-state index >= 15 is 0 Å². The van der Waals surface area contributed by atoms with Gasteiger partial charge in [-0.1, -0.05) is 18.2 Å². The summed E-state index contributed by atoms with van der Waals surface area (Å²) in [6, 6.07) is 11.0. The van der Waals surface area contributed by atoms with Crippen molar-refractivity contribution in [1.29, 1.82) is 0 Å². The molecule has 0 fully saturated rings. The van der Waals surface area contributed by atoms with Crippen LogP contribution in [0, 0.1) is 6.07 Å². The Hall–Kier alpha value is -0.760. The van der Waals surface area contributed by atoms with Crippen molar-refractivity contribution in [3.05, 3.63) is 35.9 Å². The number of hydrogen-bond acceptors (Lipinski definition) is 2. The molecule has 11 heavy (non-hydrogen) atoms. The maximum atomic E-state index is 4.37. The SMILES string of the molecule is [c]1cccc(C2=NCCS2)c1. The molecule has 0 spiro atoms. The number of rotatable bonds is 1. The average molecular weight is 162 g/mol. The van der Waals surface area contributed by atoms with E-state index < -0.39 is 0 Å². The summed E-state index contributed by atoms with van der Waals surface area (Å²) in [7, 11) is 0. The number of thioether (sulfide) groups is 1. The van der Waals surface area contributed by atoms with Gasteiger partial charge >= 0.3 is 0 Å². The lowest BCUT2D eigenvalue weighted by atomic mass is 10.2. The van der Waals surface area contributed by atoms with Crippen LogP contribution in [-0.2, 0) is 0 Å². The quantitative estimate of drug-likeness (QED) is 0.615. The van der Waals surface area contributed by atoms with E-state index in [4.69, 9.17) is 0 Å². The van der Waals surface area contributed by atoms with Crippen LogP contribution in [0.5, 0.6) is 0 Å². The van der Waals surface area contributed by atoms with Crippen molar-refractivity contribution in [2.24, 2.45) is 4.99 Å². The lowest BCUT2D eigenvalue weighted by Gasteiger charge is -1.96. The largest absolute Gasteiger partial charge is 0.277 e. The molecule has 0 atom stereocenters. The minimum Gasteiger partial charge on any atom is -0.277 e. The van der Waals surface area contributed by atoms with Crippen LogP contribution in [0.4, 0.5) is 0 Å². The van der Waals surface area contributed by atoms with E-state index in [1.807, 2.05) is 30.0 Å². The van der Waals surface area contributed by atoms with Gasteiger partial charge in [0.25, 0.3) is 0 Å². The molecule has 1 aromatic carbocycles. The lowest BCUT2D eigenvalue weighted by molar-refractivity contribution is 1.17. The first-order valence-corrected chi connectivity index (χ1v) is 4.59. The second-order valence-corrected chi connectivity index (χ2v) is 3.41. The van der Waals surface area contributed by atoms with Gasteiger partial charge in [0, 0.05) is 17.9 Å². The summed E-state index contributed by atoms with van der Waals surface area (Å²) < 4.78 is 0. The van der Waals surface area contributed by atoms with Crippen molar-refractivity contribution < 1.29 is 0 Å². The molecule has 55 valence electrons. The average Bonchev–Trinajstić information content (AvgIpc) is 2.58. The predicted octanol–water partition coefficient (Wildman–Crippen LogP) is 1.98. The first kappa shape index (κ1) is 6.92. The van der Waals surface area contributed by atoms with Crippen molar-refractivity contribution in [1.82, 2.24) is 0 Å². The van der Waals surface area contributed by atoms with E-state index in [-0.39, 0.29) is 0 Å². The van der Waals surface area contributed by atoms with Crippen LogP contribution in [-0.4, -0.2) is 17.3 Å². The summed E-state index contributed by atoms with van der Waals surface area (Å²) in [4.78, 5) is 4.37. The standard InChI is InChI=1S/C9H8NS/c1-2-4-8(5-3-1)9-10-6-7-11-9/h1-2,4-5H,6-7H2. The monoisotopic (exact) mass is 162 g/mol. The summed E-state index contributed by atoms with van der Waals surface area (Å²) in [5, 5.41) is 1.17. The molecular weight excluding hydrogens is 154 g/mol. The van der Waals surface area contributed by atoms with E-state index in [9.17, 15) is 0 Å². The van der Waals surface area contributed by atoms with Gasteiger partial charge < -0.3 is 0 Å². The molecule has 0 bridgehead atoms. The molecule has 2 heteroatoms. The van der Waals surface area contributed by atoms with Crippen LogP contribution >= 0.6 is 11.8 Å². The first-order valence-electron chi connectivity index (χ1n) is 3.60. The molecule has 1 nitrogen and oxygen atoms in total. The zero-order chi connectivity index (χ0) is 7.52. The highest BCUT2D eigenvalue weighted by molar-refractivity contribution is 8.14. The molecule has 0 amide bonds. The van der Waals surface area contributed by atoms with Gasteiger partial charge in [0.1, 0.15) is 0 Å². The van der Waals surface area contributed by atoms with E-state index in [0.29, 0.717) is 0 Å². The van der Waals surface area contributed by atoms with E-state index in [1.54, 1.807) is 0 Å². The number of nitrogens with zero attached hydrogens (tertiary/aromatic N) is 1. The molecule has 0 aliphatic carbocycles. The fourth-order valence-electron chi connectivity index (χ4n) is 1.04. The Morgan fingerprint density at radius 3 is 3.18 bits per heavy atom. The van der Waals surface area contributed by atoms with Gasteiger partial charge in [0.05, 0.1) is 5.04 Å². The van der Waals surface area contributed by atoms with Gasteiger partial charge in [-0.05, 0) is 12.1 Å². The van der Waals surface area contributed by atoms with E-state index in [1.165, 1.54) is 10.6 Å². The third-order valence-corrected chi connectivity index (χ3v) is 2.56. The molecular formula is C9H8NS. The molecule has 0 N–H and O–H groups in total. The van der Waals surface area contributed by atoms with Gasteiger partial charge in [-0.15, -0.1) is 11.8 Å². The minimum atomic E-state index is 0.967. The Balaban J connectivity index is 2.29. The first-order chi connectivity index (χ1) is 5.47. The second kappa shape index (κ2) is 3.09. The van der Waals surface area contributed by atoms with Gasteiger partial charge in [-0.25, -0.2) is 0 Å². The maximum Gasteiger partial charge on any atom is 0.0978 e. The Labute approximate surface area is 70.5 Å². The van der Waals surface area contributed by atoms with Gasteiger partial charge in [-0.2, -0.15) is 0 Å². The molecule has 0 aromatic heterocycles. The summed E-state index contributed by atoms with van der Waals surface area (Å²) in [5.41, 5.74) is 1.20. The van der Waals surface area contributed by atoms with Crippen molar-refractivity contribution in [2.75, 3.05) is 12.3 Å². The van der Waals surface area contributed by atoms with Crippen molar-refractivity contribution in [3.63, 3.8) is 0 Å². The molecule has 1 heterocycles. The third kappa shape index (κ3) is 1.46. The lowest BCUT2D eigenvalue weighted by Crippen LogP contribution is -1.89. The highest BCUT2D eigenvalue weighted by Crippen LogP contribution is 2.17. The zero-order valence-electron chi connectivity index (χ0n) is 6.08. The van der Waals surface area contributed by atoms with E-state index in [2.05, 4.69) is 17.1 Å². The molecule has 1 aromatic rings. The predicted molar refractivity (Wildman–Crippen MR) is 49.1 cm³/mol. The Morgan fingerprint density at radius 2 is 2.55 bits per heavy atom. The van der Waals surface area contributed by atoms with Gasteiger partial charge in [0.15, 0.2) is 0 Å². The molecule has 1 aliphatic heterocycles. The molecule has 1 radical (unpaired) electrons. The molecule has 0 saturated heterocycles. The van der Waals surface area contributed by atoms with Crippen molar-refractivity contribution >= 4 is 16.8 Å². The Bertz CT molecular complexity index is 266. The Morgan fingerprint density at radius 1 is 1.55 bits per heavy atom. The zero-order valence-corrected chi connectivity index (χ0v) is 6.90. The fraction of sp³-hybridized carbons (Fsp3) is 0.222. The third-order valence-electron chi connectivity index (χ3n) is 1.54. The van der Waals surface area contributed by atoms with Gasteiger partial charge in [0.2, 0.25) is 0 Å². The van der Waals surface area contributed by atoms with Crippen LogP contribution in [0.3, 0.4) is 0 Å². The summed E-state index contributed by atoms with van der Waals surface area (Å²) in [6.07, 6.45) is 0. The van der Waals surface area contributed by atoms with Crippen LogP contribution in [0.1, 0.15) is 5.56 Å². The second-order valence-electron chi connectivity index (χ2n) is 2.33. The smallest absolute Gasteiger partial charge is 0.0978 e. The number of hydrogen-bond donors (Lipinski definition) is 0. The Kier molecular flexibility index (Phi) is 1.95. The number of benzene rings is 1. The number of aliphatic imine (C=N–C) groups is 1. The minimum absolute atomic E-state index is 0.967. The fourth-order valence-corrected chi connectivity index (χ4v) is 1.89. The molecule has 0 unspecified atom stereocenters. The normalized spacial score (nSPS) is 16.5. The summed E-state index contributed by atoms with van der Waals surface area (Å²) >= 11 is 1.83. The van der Waals surface area contributed by atoms with Crippen molar-refractivity contribution in [3.8, 4) is 0 Å². The van der Waals surface area contributed by atoms with E-state index in [0.717, 1.165) is 12.3 Å². The van der Waals surface area contributed by atoms with Crippen LogP contribution in [0.15, 0.2) is 29.3 Å². The van der Waals surface area contributed by atoms with Crippen molar-refractivity contribution in [2.45, 2.75) is 0 Å². The van der Waals surface area contributed by atoms with Crippen LogP contribution in [0.2, 0.25) is 0 Å². The van der Waals surface area contributed by atoms with Crippen LogP contribution in [0.25, 0.3) is 0 Å². The maximum absolute atomic E-state index is 4.37. The molecule has 2 rings (SSSR count). The topological polar surface area (TPSA) is 12.4 Å².